The first-order valence-corrected chi connectivity index (χ1v) is 6.16. The lowest BCUT2D eigenvalue weighted by molar-refractivity contribution is 0.834. The molecule has 0 radical (unpaired) electrons. The van der Waals surface area contributed by atoms with Gasteiger partial charge in [-0.3, -0.25) is 0 Å². The van der Waals surface area contributed by atoms with Crippen molar-refractivity contribution in [3.05, 3.63) is 59.7 Å². The fourth-order valence-electron chi connectivity index (χ4n) is 2.13. The zero-order chi connectivity index (χ0) is 12.1. The molecule has 2 N–H and O–H groups in total. The van der Waals surface area contributed by atoms with Crippen molar-refractivity contribution < 1.29 is 0 Å². The molecule has 0 spiro atoms. The topological polar surface area (TPSA) is 26.0 Å². The van der Waals surface area contributed by atoms with E-state index in [1.807, 2.05) is 0 Å². The zero-order valence-electron chi connectivity index (χ0n) is 10.3. The Labute approximate surface area is 103 Å². The van der Waals surface area contributed by atoms with Crippen LogP contribution in [-0.4, -0.2) is 6.54 Å². The van der Waals surface area contributed by atoms with Crippen LogP contribution in [0.4, 0.5) is 0 Å². The van der Waals surface area contributed by atoms with Gasteiger partial charge < -0.3 is 5.73 Å². The van der Waals surface area contributed by atoms with Gasteiger partial charge in [0.05, 0.1) is 0 Å². The SMILES string of the molecule is Cc1cccc(-c2ccccc2CCCN)c1. The standard InChI is InChI=1S/C16H19N/c1-13-6-4-8-15(12-13)16-10-3-2-7-14(16)9-5-11-17/h2-4,6-8,10,12H,5,9,11,17H2,1H3. The summed E-state index contributed by atoms with van der Waals surface area (Å²) in [7, 11) is 0. The third-order valence-corrected chi connectivity index (χ3v) is 3.00. The number of benzene rings is 2. The van der Waals surface area contributed by atoms with Crippen LogP contribution < -0.4 is 5.73 Å². The first-order chi connectivity index (χ1) is 8.31. The van der Waals surface area contributed by atoms with Crippen LogP contribution in [0.2, 0.25) is 0 Å². The van der Waals surface area contributed by atoms with Gasteiger partial charge in [0.2, 0.25) is 0 Å². The quantitative estimate of drug-likeness (QED) is 0.846. The summed E-state index contributed by atoms with van der Waals surface area (Å²) in [5, 5.41) is 0. The van der Waals surface area contributed by atoms with Crippen LogP contribution >= 0.6 is 0 Å². The zero-order valence-corrected chi connectivity index (χ0v) is 10.3. The van der Waals surface area contributed by atoms with Gasteiger partial charge in [-0.15, -0.1) is 0 Å². The first-order valence-electron chi connectivity index (χ1n) is 6.16. The van der Waals surface area contributed by atoms with Crippen LogP contribution in [0.1, 0.15) is 17.5 Å². The van der Waals surface area contributed by atoms with Gasteiger partial charge in [0.1, 0.15) is 0 Å². The minimum Gasteiger partial charge on any atom is -0.330 e. The smallest absolute Gasteiger partial charge is 0.00741 e. The summed E-state index contributed by atoms with van der Waals surface area (Å²) in [6.45, 7) is 2.88. The second kappa shape index (κ2) is 5.65. The van der Waals surface area contributed by atoms with E-state index in [1.54, 1.807) is 0 Å². The highest BCUT2D eigenvalue weighted by atomic mass is 14.5. The number of rotatable bonds is 4. The number of hydrogen-bond acceptors (Lipinski definition) is 1. The van der Waals surface area contributed by atoms with Crippen LogP contribution in [0, 0.1) is 6.92 Å². The summed E-state index contributed by atoms with van der Waals surface area (Å²) in [6, 6.07) is 17.3. The highest BCUT2D eigenvalue weighted by Gasteiger charge is 2.03. The predicted octanol–water partition coefficient (Wildman–Crippen LogP) is 3.55. The molecule has 0 fully saturated rings. The van der Waals surface area contributed by atoms with Gasteiger partial charge in [0.15, 0.2) is 0 Å². The molecule has 2 aromatic carbocycles. The Kier molecular flexibility index (Phi) is 3.94. The van der Waals surface area contributed by atoms with Crippen molar-refractivity contribution in [3.63, 3.8) is 0 Å². The molecule has 1 nitrogen and oxygen atoms in total. The average Bonchev–Trinajstić information content (AvgIpc) is 2.37. The maximum absolute atomic E-state index is 5.59. The van der Waals surface area contributed by atoms with E-state index in [2.05, 4.69) is 55.5 Å². The van der Waals surface area contributed by atoms with Crippen molar-refractivity contribution >= 4 is 0 Å². The molecule has 0 saturated carbocycles. The maximum Gasteiger partial charge on any atom is -0.00741 e. The Morgan fingerprint density at radius 3 is 2.59 bits per heavy atom. The van der Waals surface area contributed by atoms with E-state index in [-0.39, 0.29) is 0 Å². The van der Waals surface area contributed by atoms with Crippen molar-refractivity contribution in [3.8, 4) is 11.1 Å². The monoisotopic (exact) mass is 225 g/mol. The average molecular weight is 225 g/mol. The van der Waals surface area contributed by atoms with Crippen LogP contribution in [0.5, 0.6) is 0 Å². The van der Waals surface area contributed by atoms with Crippen LogP contribution in [0.3, 0.4) is 0 Å². The molecule has 2 rings (SSSR count). The summed E-state index contributed by atoms with van der Waals surface area (Å²) in [5.41, 5.74) is 10.9. The maximum atomic E-state index is 5.59. The molecule has 0 unspecified atom stereocenters. The molecule has 0 atom stereocenters. The molecule has 0 bridgehead atoms. The van der Waals surface area contributed by atoms with Gasteiger partial charge in [-0.25, -0.2) is 0 Å². The molecule has 0 aliphatic heterocycles. The van der Waals surface area contributed by atoms with Gasteiger partial charge in [-0.2, -0.15) is 0 Å². The third kappa shape index (κ3) is 2.95. The van der Waals surface area contributed by atoms with E-state index in [0.717, 1.165) is 19.4 Å². The molecule has 2 aromatic rings. The van der Waals surface area contributed by atoms with Crippen molar-refractivity contribution in [1.82, 2.24) is 0 Å². The van der Waals surface area contributed by atoms with E-state index in [0.29, 0.717) is 0 Å². The van der Waals surface area contributed by atoms with Crippen molar-refractivity contribution in [2.75, 3.05) is 6.54 Å². The summed E-state index contributed by atoms with van der Waals surface area (Å²) >= 11 is 0. The molecule has 0 aliphatic rings. The Hall–Kier alpha value is -1.60. The van der Waals surface area contributed by atoms with Crippen LogP contribution in [0.15, 0.2) is 48.5 Å². The minimum absolute atomic E-state index is 0.752. The normalized spacial score (nSPS) is 10.5. The van der Waals surface area contributed by atoms with Crippen LogP contribution in [-0.2, 0) is 6.42 Å². The van der Waals surface area contributed by atoms with E-state index >= 15 is 0 Å². The molecule has 0 heterocycles. The lowest BCUT2D eigenvalue weighted by atomic mass is 9.96. The molecule has 1 heteroatoms. The lowest BCUT2D eigenvalue weighted by Gasteiger charge is -2.09. The lowest BCUT2D eigenvalue weighted by Crippen LogP contribution is -2.01. The van der Waals surface area contributed by atoms with Crippen molar-refractivity contribution in [2.45, 2.75) is 19.8 Å². The van der Waals surface area contributed by atoms with Gasteiger partial charge in [-0.05, 0) is 43.0 Å². The Morgan fingerprint density at radius 1 is 1.00 bits per heavy atom. The van der Waals surface area contributed by atoms with Crippen molar-refractivity contribution in [1.29, 1.82) is 0 Å². The minimum atomic E-state index is 0.752. The molecule has 88 valence electrons. The Morgan fingerprint density at radius 2 is 1.82 bits per heavy atom. The van der Waals surface area contributed by atoms with Gasteiger partial charge >= 0.3 is 0 Å². The van der Waals surface area contributed by atoms with Crippen molar-refractivity contribution in [2.24, 2.45) is 5.73 Å². The first kappa shape index (κ1) is 11.9. The predicted molar refractivity (Wildman–Crippen MR) is 74.0 cm³/mol. The van der Waals surface area contributed by atoms with Gasteiger partial charge in [-0.1, -0.05) is 54.1 Å². The van der Waals surface area contributed by atoms with E-state index in [4.69, 9.17) is 5.73 Å². The fourth-order valence-corrected chi connectivity index (χ4v) is 2.13. The highest BCUT2D eigenvalue weighted by molar-refractivity contribution is 5.67. The molecular weight excluding hydrogens is 206 g/mol. The Balaban J connectivity index is 2.37. The molecule has 0 aliphatic carbocycles. The largest absolute Gasteiger partial charge is 0.330 e. The summed E-state index contributed by atoms with van der Waals surface area (Å²) < 4.78 is 0. The van der Waals surface area contributed by atoms with E-state index < -0.39 is 0 Å². The molecular formula is C16H19N. The van der Waals surface area contributed by atoms with Gasteiger partial charge in [0, 0.05) is 0 Å². The fraction of sp³-hybridized carbons (Fsp3) is 0.250. The number of aryl methyl sites for hydroxylation is 2. The number of nitrogens with two attached hydrogens (primary N) is 1. The third-order valence-electron chi connectivity index (χ3n) is 3.00. The molecule has 0 saturated heterocycles. The Bertz CT molecular complexity index is 488. The second-order valence-electron chi connectivity index (χ2n) is 4.42. The number of hydrogen-bond donors (Lipinski definition) is 1. The summed E-state index contributed by atoms with van der Waals surface area (Å²) in [5.74, 6) is 0. The van der Waals surface area contributed by atoms with E-state index in [1.165, 1.54) is 22.3 Å². The highest BCUT2D eigenvalue weighted by Crippen LogP contribution is 2.25. The summed E-state index contributed by atoms with van der Waals surface area (Å²) in [6.07, 6.45) is 2.10. The molecule has 0 aromatic heterocycles. The second-order valence-corrected chi connectivity index (χ2v) is 4.42. The molecule has 17 heavy (non-hydrogen) atoms. The van der Waals surface area contributed by atoms with Gasteiger partial charge in [0.25, 0.3) is 0 Å². The summed E-state index contributed by atoms with van der Waals surface area (Å²) in [4.78, 5) is 0. The van der Waals surface area contributed by atoms with E-state index in [9.17, 15) is 0 Å². The van der Waals surface area contributed by atoms with Crippen LogP contribution in [0.25, 0.3) is 11.1 Å². The molecule has 0 amide bonds.